The Hall–Kier alpha value is -2.36. The van der Waals surface area contributed by atoms with Crippen molar-refractivity contribution in [3.63, 3.8) is 0 Å². The van der Waals surface area contributed by atoms with Crippen molar-refractivity contribution in [3.05, 3.63) is 53.2 Å². The number of carbonyl (C=O) groups is 1. The van der Waals surface area contributed by atoms with Gasteiger partial charge in [-0.05, 0) is 37.1 Å². The summed E-state index contributed by atoms with van der Waals surface area (Å²) in [6.45, 7) is 3.80. The summed E-state index contributed by atoms with van der Waals surface area (Å²) in [5.74, 6) is 0.287. The third-order valence-corrected chi connectivity index (χ3v) is 2.69. The van der Waals surface area contributed by atoms with Gasteiger partial charge in [0.2, 0.25) is 0 Å². The fraction of sp³-hybridized carbons (Fsp3) is 0.143. The van der Waals surface area contributed by atoms with Gasteiger partial charge in [0.1, 0.15) is 5.82 Å². The Labute approximate surface area is 106 Å². The zero-order valence-electron chi connectivity index (χ0n) is 10.4. The van der Waals surface area contributed by atoms with Gasteiger partial charge in [-0.25, -0.2) is 4.98 Å². The molecule has 2 rings (SSSR count). The quantitative estimate of drug-likeness (QED) is 0.794. The minimum absolute atomic E-state index is 0.234. The Kier molecular flexibility index (Phi) is 3.28. The first-order valence-electron chi connectivity index (χ1n) is 5.67. The molecular weight excluding hydrogens is 226 g/mol. The topological polar surface area (TPSA) is 68.0 Å². The Morgan fingerprint density at radius 3 is 2.61 bits per heavy atom. The zero-order chi connectivity index (χ0) is 13.1. The van der Waals surface area contributed by atoms with Crippen LogP contribution in [-0.4, -0.2) is 10.9 Å². The lowest BCUT2D eigenvalue weighted by molar-refractivity contribution is 0.102. The summed E-state index contributed by atoms with van der Waals surface area (Å²) in [4.78, 5) is 16.2. The number of nitrogens with one attached hydrogen (secondary N) is 1. The number of rotatable bonds is 2. The van der Waals surface area contributed by atoms with E-state index in [9.17, 15) is 4.79 Å². The van der Waals surface area contributed by atoms with Crippen molar-refractivity contribution in [2.75, 3.05) is 11.1 Å². The van der Waals surface area contributed by atoms with Gasteiger partial charge in [-0.3, -0.25) is 4.79 Å². The molecule has 18 heavy (non-hydrogen) atoms. The first kappa shape index (κ1) is 12.1. The third kappa shape index (κ3) is 2.48. The van der Waals surface area contributed by atoms with E-state index in [-0.39, 0.29) is 5.91 Å². The standard InChI is InChI=1S/C14H15N3O/c1-9-6-7-12(16-8-9)17-14(18)13-10(2)4-3-5-11(13)15/h3-8H,15H2,1-2H3,(H,16,17,18). The molecule has 0 bridgehead atoms. The maximum atomic E-state index is 12.1. The Bertz CT molecular complexity index is 556. The van der Waals surface area contributed by atoms with Crippen molar-refractivity contribution in [2.45, 2.75) is 13.8 Å². The van der Waals surface area contributed by atoms with E-state index in [1.165, 1.54) is 0 Å². The molecule has 1 aromatic carbocycles. The number of nitrogens with zero attached hydrogens (tertiary/aromatic N) is 1. The van der Waals surface area contributed by atoms with Gasteiger partial charge in [-0.2, -0.15) is 0 Å². The minimum Gasteiger partial charge on any atom is -0.398 e. The number of aryl methyl sites for hydroxylation is 2. The maximum absolute atomic E-state index is 12.1. The molecule has 0 saturated heterocycles. The van der Waals surface area contributed by atoms with E-state index in [1.54, 1.807) is 18.3 Å². The molecule has 0 atom stereocenters. The molecule has 0 aliphatic heterocycles. The zero-order valence-corrected chi connectivity index (χ0v) is 10.4. The maximum Gasteiger partial charge on any atom is 0.259 e. The summed E-state index contributed by atoms with van der Waals surface area (Å²) >= 11 is 0. The molecule has 0 fully saturated rings. The lowest BCUT2D eigenvalue weighted by Gasteiger charge is -2.09. The van der Waals surface area contributed by atoms with Gasteiger partial charge in [-0.15, -0.1) is 0 Å². The summed E-state index contributed by atoms with van der Waals surface area (Å²) in [6.07, 6.45) is 1.71. The van der Waals surface area contributed by atoms with Crippen molar-refractivity contribution in [3.8, 4) is 0 Å². The summed E-state index contributed by atoms with van der Waals surface area (Å²) in [5.41, 5.74) is 8.68. The molecule has 0 unspecified atom stereocenters. The van der Waals surface area contributed by atoms with Gasteiger partial charge in [-0.1, -0.05) is 18.2 Å². The summed E-state index contributed by atoms with van der Waals surface area (Å²) in [7, 11) is 0. The Morgan fingerprint density at radius 2 is 2.00 bits per heavy atom. The van der Waals surface area contributed by atoms with Gasteiger partial charge in [0.05, 0.1) is 5.56 Å². The number of nitrogens with two attached hydrogens (primary N) is 1. The molecule has 0 radical (unpaired) electrons. The second-order valence-electron chi connectivity index (χ2n) is 4.21. The van der Waals surface area contributed by atoms with Crippen LogP contribution in [0, 0.1) is 13.8 Å². The van der Waals surface area contributed by atoms with Crippen LogP contribution in [0.5, 0.6) is 0 Å². The highest BCUT2D eigenvalue weighted by Gasteiger charge is 2.12. The molecule has 4 heteroatoms. The van der Waals surface area contributed by atoms with Crippen LogP contribution < -0.4 is 11.1 Å². The molecule has 0 saturated carbocycles. The van der Waals surface area contributed by atoms with Crippen molar-refractivity contribution in [2.24, 2.45) is 0 Å². The molecule has 0 aliphatic rings. The molecule has 4 nitrogen and oxygen atoms in total. The van der Waals surface area contributed by atoms with Crippen LogP contribution in [0.15, 0.2) is 36.5 Å². The first-order chi connectivity index (χ1) is 8.58. The van der Waals surface area contributed by atoms with Crippen LogP contribution in [0.2, 0.25) is 0 Å². The molecule has 3 N–H and O–H groups in total. The average molecular weight is 241 g/mol. The number of amides is 1. The molecule has 0 spiro atoms. The van der Waals surface area contributed by atoms with E-state index in [1.807, 2.05) is 32.0 Å². The highest BCUT2D eigenvalue weighted by atomic mass is 16.1. The average Bonchev–Trinajstić information content (AvgIpc) is 2.32. The van der Waals surface area contributed by atoms with Crippen LogP contribution in [0.3, 0.4) is 0 Å². The number of hydrogen-bond acceptors (Lipinski definition) is 3. The highest BCUT2D eigenvalue weighted by molar-refractivity contribution is 6.08. The van der Waals surface area contributed by atoms with E-state index in [2.05, 4.69) is 10.3 Å². The fourth-order valence-electron chi connectivity index (χ4n) is 1.72. The number of hydrogen-bond donors (Lipinski definition) is 2. The van der Waals surface area contributed by atoms with Gasteiger partial charge in [0.25, 0.3) is 5.91 Å². The lowest BCUT2D eigenvalue weighted by Crippen LogP contribution is -2.16. The van der Waals surface area contributed by atoms with Crippen molar-refractivity contribution in [1.29, 1.82) is 0 Å². The number of nitrogen functional groups attached to an aromatic ring is 1. The largest absolute Gasteiger partial charge is 0.398 e. The van der Waals surface area contributed by atoms with Crippen LogP contribution >= 0.6 is 0 Å². The number of pyridine rings is 1. The molecule has 0 aliphatic carbocycles. The number of anilines is 2. The minimum atomic E-state index is -0.234. The van der Waals surface area contributed by atoms with Gasteiger partial charge in [0.15, 0.2) is 0 Å². The van der Waals surface area contributed by atoms with Gasteiger partial charge in [0, 0.05) is 11.9 Å². The number of aromatic nitrogens is 1. The van der Waals surface area contributed by atoms with Gasteiger partial charge < -0.3 is 11.1 Å². The normalized spacial score (nSPS) is 10.1. The molecular formula is C14H15N3O. The smallest absolute Gasteiger partial charge is 0.259 e. The third-order valence-electron chi connectivity index (χ3n) is 2.69. The van der Waals surface area contributed by atoms with E-state index in [4.69, 9.17) is 5.73 Å². The molecule has 2 aromatic rings. The van der Waals surface area contributed by atoms with Gasteiger partial charge >= 0.3 is 0 Å². The highest BCUT2D eigenvalue weighted by Crippen LogP contribution is 2.17. The number of carbonyl (C=O) groups excluding carboxylic acids is 1. The predicted molar refractivity (Wildman–Crippen MR) is 72.5 cm³/mol. The molecule has 92 valence electrons. The SMILES string of the molecule is Cc1ccc(NC(=O)c2c(C)cccc2N)nc1. The van der Waals surface area contributed by atoms with Crippen molar-refractivity contribution in [1.82, 2.24) is 4.98 Å². The van der Waals surface area contributed by atoms with Crippen LogP contribution in [0.25, 0.3) is 0 Å². The van der Waals surface area contributed by atoms with E-state index < -0.39 is 0 Å². The predicted octanol–water partition coefficient (Wildman–Crippen LogP) is 2.53. The fourth-order valence-corrected chi connectivity index (χ4v) is 1.72. The lowest BCUT2D eigenvalue weighted by atomic mass is 10.1. The first-order valence-corrected chi connectivity index (χ1v) is 5.67. The summed E-state index contributed by atoms with van der Waals surface area (Å²) < 4.78 is 0. The molecule has 1 amide bonds. The van der Waals surface area contributed by atoms with E-state index in [0.29, 0.717) is 17.1 Å². The molecule has 1 heterocycles. The van der Waals surface area contributed by atoms with Crippen molar-refractivity contribution < 1.29 is 4.79 Å². The van der Waals surface area contributed by atoms with Crippen LogP contribution in [0.4, 0.5) is 11.5 Å². The monoisotopic (exact) mass is 241 g/mol. The summed E-state index contributed by atoms with van der Waals surface area (Å²) in [6, 6.07) is 9.05. The Balaban J connectivity index is 2.25. The second-order valence-corrected chi connectivity index (χ2v) is 4.21. The Morgan fingerprint density at radius 1 is 1.22 bits per heavy atom. The van der Waals surface area contributed by atoms with Crippen molar-refractivity contribution >= 4 is 17.4 Å². The summed E-state index contributed by atoms with van der Waals surface area (Å²) in [5, 5.41) is 2.74. The second kappa shape index (κ2) is 4.87. The van der Waals surface area contributed by atoms with E-state index >= 15 is 0 Å². The number of benzene rings is 1. The van der Waals surface area contributed by atoms with E-state index in [0.717, 1.165) is 11.1 Å². The van der Waals surface area contributed by atoms with Crippen LogP contribution in [0.1, 0.15) is 21.5 Å². The van der Waals surface area contributed by atoms with Crippen LogP contribution in [-0.2, 0) is 0 Å². The molecule has 1 aromatic heterocycles.